The number of fused-ring (bicyclic) bond motifs is 1. The number of anilines is 1. The van der Waals surface area contributed by atoms with Crippen LogP contribution in [0.4, 0.5) is 10.1 Å². The maximum atomic E-state index is 13.8. The summed E-state index contributed by atoms with van der Waals surface area (Å²) in [4.78, 5) is 12.7. The summed E-state index contributed by atoms with van der Waals surface area (Å²) in [7, 11) is 0. The highest BCUT2D eigenvalue weighted by atomic mass is 32.1. The molecular formula is C19H17FN4OS. The van der Waals surface area contributed by atoms with E-state index in [4.69, 9.17) is 0 Å². The summed E-state index contributed by atoms with van der Waals surface area (Å²) in [6.07, 6.45) is 3.27. The zero-order valence-electron chi connectivity index (χ0n) is 14.1. The zero-order valence-corrected chi connectivity index (χ0v) is 15.0. The van der Waals surface area contributed by atoms with Gasteiger partial charge in [-0.25, -0.2) is 4.39 Å². The Morgan fingerprint density at radius 1 is 1.31 bits per heavy atom. The fourth-order valence-electron chi connectivity index (χ4n) is 3.02. The van der Waals surface area contributed by atoms with E-state index < -0.39 is 0 Å². The number of aryl methyl sites for hydroxylation is 1. The summed E-state index contributed by atoms with van der Waals surface area (Å²) >= 11 is 1.62. The second-order valence-electron chi connectivity index (χ2n) is 5.92. The Morgan fingerprint density at radius 2 is 2.15 bits per heavy atom. The molecular weight excluding hydrogens is 351 g/mol. The second kappa shape index (κ2) is 6.76. The minimum Gasteiger partial charge on any atom is -0.336 e. The topological polar surface area (TPSA) is 51.9 Å². The molecule has 0 aliphatic heterocycles. The van der Waals surface area contributed by atoms with E-state index in [1.807, 2.05) is 29.0 Å². The number of nitrogens with zero attached hydrogens (tertiary/aromatic N) is 3. The quantitative estimate of drug-likeness (QED) is 0.569. The fourth-order valence-corrected chi connectivity index (χ4v) is 3.84. The molecule has 0 saturated carbocycles. The van der Waals surface area contributed by atoms with Crippen LogP contribution in [-0.4, -0.2) is 20.3 Å². The predicted molar refractivity (Wildman–Crippen MR) is 101 cm³/mol. The van der Waals surface area contributed by atoms with E-state index in [9.17, 15) is 9.18 Å². The Balaban J connectivity index is 1.52. The molecule has 132 valence electrons. The first-order valence-electron chi connectivity index (χ1n) is 8.29. The van der Waals surface area contributed by atoms with Crippen molar-refractivity contribution in [2.24, 2.45) is 0 Å². The molecule has 0 unspecified atom stereocenters. The van der Waals surface area contributed by atoms with Crippen molar-refractivity contribution in [3.05, 3.63) is 71.2 Å². The number of rotatable bonds is 5. The SMILES string of the molecule is CCn1c(C(=O)Nc2cnn(Cc3ccccc3F)c2)cc2sccc21. The van der Waals surface area contributed by atoms with Gasteiger partial charge in [0.2, 0.25) is 0 Å². The molecule has 1 N–H and O–H groups in total. The number of carbonyl (C=O) groups excluding carboxylic acids is 1. The van der Waals surface area contributed by atoms with Crippen molar-refractivity contribution < 1.29 is 9.18 Å². The molecule has 3 aromatic heterocycles. The summed E-state index contributed by atoms with van der Waals surface area (Å²) in [6.45, 7) is 3.04. The van der Waals surface area contributed by atoms with Gasteiger partial charge in [-0.05, 0) is 30.5 Å². The molecule has 3 heterocycles. The third kappa shape index (κ3) is 3.01. The number of carbonyl (C=O) groups is 1. The van der Waals surface area contributed by atoms with Gasteiger partial charge >= 0.3 is 0 Å². The lowest BCUT2D eigenvalue weighted by molar-refractivity contribution is 0.101. The van der Waals surface area contributed by atoms with E-state index in [1.165, 1.54) is 6.07 Å². The Bertz CT molecular complexity index is 1080. The third-order valence-corrected chi connectivity index (χ3v) is 5.11. The summed E-state index contributed by atoms with van der Waals surface area (Å²) in [5.74, 6) is -0.449. The Morgan fingerprint density at radius 3 is 2.96 bits per heavy atom. The lowest BCUT2D eigenvalue weighted by Gasteiger charge is -2.07. The van der Waals surface area contributed by atoms with Gasteiger partial charge in [0.05, 0.1) is 28.6 Å². The minimum absolute atomic E-state index is 0.180. The van der Waals surface area contributed by atoms with Gasteiger partial charge in [-0.3, -0.25) is 9.48 Å². The average molecular weight is 368 g/mol. The van der Waals surface area contributed by atoms with Crippen LogP contribution < -0.4 is 5.32 Å². The highest BCUT2D eigenvalue weighted by Crippen LogP contribution is 2.25. The number of hydrogen-bond acceptors (Lipinski definition) is 3. The summed E-state index contributed by atoms with van der Waals surface area (Å²) < 4.78 is 18.4. The van der Waals surface area contributed by atoms with Gasteiger partial charge in [0, 0.05) is 18.3 Å². The smallest absolute Gasteiger partial charge is 0.272 e. The van der Waals surface area contributed by atoms with Crippen molar-refractivity contribution in [2.45, 2.75) is 20.0 Å². The van der Waals surface area contributed by atoms with Gasteiger partial charge in [0.25, 0.3) is 5.91 Å². The molecule has 0 aliphatic rings. The monoisotopic (exact) mass is 368 g/mol. The lowest BCUT2D eigenvalue weighted by atomic mass is 10.2. The number of amides is 1. The van der Waals surface area contributed by atoms with Crippen molar-refractivity contribution in [1.82, 2.24) is 14.3 Å². The number of aromatic nitrogens is 3. The summed E-state index contributed by atoms with van der Waals surface area (Å²) in [5.41, 5.74) is 2.82. The number of halogens is 1. The molecule has 26 heavy (non-hydrogen) atoms. The Labute approximate surface area is 153 Å². The van der Waals surface area contributed by atoms with Crippen molar-refractivity contribution in [2.75, 3.05) is 5.32 Å². The lowest BCUT2D eigenvalue weighted by Crippen LogP contribution is -2.16. The molecule has 0 aliphatic carbocycles. The average Bonchev–Trinajstić information content (AvgIpc) is 3.32. The maximum Gasteiger partial charge on any atom is 0.272 e. The van der Waals surface area contributed by atoms with Crippen LogP contribution in [0.5, 0.6) is 0 Å². The molecule has 0 radical (unpaired) electrons. The Hall–Kier alpha value is -2.93. The van der Waals surface area contributed by atoms with E-state index in [1.54, 1.807) is 46.6 Å². The van der Waals surface area contributed by atoms with Crippen LogP contribution in [-0.2, 0) is 13.1 Å². The van der Waals surface area contributed by atoms with E-state index in [0.29, 0.717) is 23.5 Å². The molecule has 7 heteroatoms. The van der Waals surface area contributed by atoms with Crippen LogP contribution in [0, 0.1) is 5.82 Å². The summed E-state index contributed by atoms with van der Waals surface area (Å²) in [6, 6.07) is 10.5. The van der Waals surface area contributed by atoms with Crippen LogP contribution in [0.2, 0.25) is 0 Å². The second-order valence-corrected chi connectivity index (χ2v) is 6.86. The van der Waals surface area contributed by atoms with Crippen molar-refractivity contribution in [1.29, 1.82) is 0 Å². The van der Waals surface area contributed by atoms with E-state index in [-0.39, 0.29) is 11.7 Å². The highest BCUT2D eigenvalue weighted by molar-refractivity contribution is 7.17. The number of nitrogens with one attached hydrogen (secondary N) is 1. The molecule has 1 aromatic carbocycles. The normalized spacial score (nSPS) is 11.2. The molecule has 0 saturated heterocycles. The largest absolute Gasteiger partial charge is 0.336 e. The van der Waals surface area contributed by atoms with E-state index >= 15 is 0 Å². The number of hydrogen-bond donors (Lipinski definition) is 1. The molecule has 1 amide bonds. The van der Waals surface area contributed by atoms with Crippen LogP contribution >= 0.6 is 11.3 Å². The van der Waals surface area contributed by atoms with Gasteiger partial charge < -0.3 is 9.88 Å². The highest BCUT2D eigenvalue weighted by Gasteiger charge is 2.16. The molecule has 4 aromatic rings. The first kappa shape index (κ1) is 16.5. The molecule has 0 atom stereocenters. The van der Waals surface area contributed by atoms with Crippen molar-refractivity contribution in [3.8, 4) is 0 Å². The van der Waals surface area contributed by atoms with E-state index in [2.05, 4.69) is 10.4 Å². The van der Waals surface area contributed by atoms with Crippen LogP contribution in [0.3, 0.4) is 0 Å². The molecule has 4 rings (SSSR count). The Kier molecular flexibility index (Phi) is 4.30. The third-order valence-electron chi connectivity index (χ3n) is 4.25. The first-order chi connectivity index (χ1) is 12.7. The molecule has 0 bridgehead atoms. The number of benzene rings is 1. The van der Waals surface area contributed by atoms with Gasteiger partial charge in [-0.1, -0.05) is 18.2 Å². The minimum atomic E-state index is -0.269. The van der Waals surface area contributed by atoms with E-state index in [0.717, 1.165) is 16.8 Å². The maximum absolute atomic E-state index is 13.8. The fraction of sp³-hybridized carbons (Fsp3) is 0.158. The molecule has 0 spiro atoms. The van der Waals surface area contributed by atoms with Crippen LogP contribution in [0.15, 0.2) is 54.2 Å². The zero-order chi connectivity index (χ0) is 18.1. The molecule has 0 fully saturated rings. The van der Waals surface area contributed by atoms with Gasteiger partial charge in [-0.2, -0.15) is 5.10 Å². The molecule has 5 nitrogen and oxygen atoms in total. The van der Waals surface area contributed by atoms with Crippen molar-refractivity contribution >= 4 is 33.1 Å². The first-order valence-corrected chi connectivity index (χ1v) is 9.17. The van der Waals surface area contributed by atoms with Crippen LogP contribution in [0.1, 0.15) is 23.0 Å². The predicted octanol–water partition coefficient (Wildman–Crippen LogP) is 4.36. The standard InChI is InChI=1S/C19H17FN4OS/c1-2-24-16-7-8-26-18(16)9-17(24)19(25)22-14-10-21-23(12-14)11-13-5-3-4-6-15(13)20/h3-10,12H,2,11H2,1H3,(H,22,25). The van der Waals surface area contributed by atoms with Crippen molar-refractivity contribution in [3.63, 3.8) is 0 Å². The van der Waals surface area contributed by atoms with Gasteiger partial charge in [-0.15, -0.1) is 11.3 Å². The summed E-state index contributed by atoms with van der Waals surface area (Å²) in [5, 5.41) is 9.10. The van der Waals surface area contributed by atoms with Gasteiger partial charge in [0.15, 0.2) is 0 Å². The number of thiophene rings is 1. The van der Waals surface area contributed by atoms with Crippen LogP contribution in [0.25, 0.3) is 10.2 Å². The van der Waals surface area contributed by atoms with Gasteiger partial charge in [0.1, 0.15) is 11.5 Å².